The molecule has 94 valence electrons. The highest BCUT2D eigenvalue weighted by molar-refractivity contribution is 5.86. The number of hydrogen-bond acceptors (Lipinski definition) is 4. The SMILES string of the molecule is COC(=O)c1nc(-c2ccc(OC)cc2)cn1C. The van der Waals surface area contributed by atoms with E-state index in [9.17, 15) is 4.79 Å². The molecule has 0 saturated heterocycles. The molecule has 0 aliphatic rings. The molecular formula is C13H14N2O3. The average Bonchev–Trinajstić information content (AvgIpc) is 2.80. The number of esters is 1. The van der Waals surface area contributed by atoms with E-state index in [4.69, 9.17) is 4.74 Å². The quantitative estimate of drug-likeness (QED) is 0.776. The number of methoxy groups -OCH3 is 2. The summed E-state index contributed by atoms with van der Waals surface area (Å²) in [4.78, 5) is 15.7. The van der Waals surface area contributed by atoms with E-state index >= 15 is 0 Å². The minimum atomic E-state index is -0.447. The lowest BCUT2D eigenvalue weighted by Gasteiger charge is -2.00. The summed E-state index contributed by atoms with van der Waals surface area (Å²) in [5.41, 5.74) is 1.64. The predicted octanol–water partition coefficient (Wildman–Crippen LogP) is 1.88. The summed E-state index contributed by atoms with van der Waals surface area (Å²) < 4.78 is 11.4. The van der Waals surface area contributed by atoms with E-state index < -0.39 is 5.97 Å². The Morgan fingerprint density at radius 1 is 1.22 bits per heavy atom. The molecule has 1 heterocycles. The molecule has 0 aliphatic heterocycles. The van der Waals surface area contributed by atoms with Crippen molar-refractivity contribution in [1.29, 1.82) is 0 Å². The number of rotatable bonds is 3. The molecule has 0 saturated carbocycles. The lowest BCUT2D eigenvalue weighted by atomic mass is 10.2. The van der Waals surface area contributed by atoms with Gasteiger partial charge >= 0.3 is 5.97 Å². The van der Waals surface area contributed by atoms with Crippen LogP contribution in [0.3, 0.4) is 0 Å². The van der Waals surface area contributed by atoms with Crippen LogP contribution in [0, 0.1) is 0 Å². The lowest BCUT2D eigenvalue weighted by Crippen LogP contribution is -2.08. The Morgan fingerprint density at radius 2 is 1.89 bits per heavy atom. The molecule has 1 aromatic carbocycles. The van der Waals surface area contributed by atoms with Gasteiger partial charge in [0.05, 0.1) is 19.9 Å². The number of carbonyl (C=O) groups is 1. The summed E-state index contributed by atoms with van der Waals surface area (Å²) in [7, 11) is 4.71. The van der Waals surface area contributed by atoms with Crippen LogP contribution in [-0.2, 0) is 11.8 Å². The fourth-order valence-corrected chi connectivity index (χ4v) is 1.65. The first-order valence-corrected chi connectivity index (χ1v) is 5.42. The molecule has 0 bridgehead atoms. The van der Waals surface area contributed by atoms with Crippen LogP contribution in [0.5, 0.6) is 5.75 Å². The predicted molar refractivity (Wildman–Crippen MR) is 66.5 cm³/mol. The molecule has 0 spiro atoms. The molecular weight excluding hydrogens is 232 g/mol. The minimum absolute atomic E-state index is 0.281. The topological polar surface area (TPSA) is 53.4 Å². The van der Waals surface area contributed by atoms with Crippen molar-refractivity contribution in [2.45, 2.75) is 0 Å². The molecule has 2 rings (SSSR count). The van der Waals surface area contributed by atoms with Gasteiger partial charge in [-0.3, -0.25) is 0 Å². The van der Waals surface area contributed by atoms with Crippen molar-refractivity contribution in [2.75, 3.05) is 14.2 Å². The second-order valence-corrected chi connectivity index (χ2v) is 3.78. The van der Waals surface area contributed by atoms with Gasteiger partial charge in [-0.15, -0.1) is 0 Å². The van der Waals surface area contributed by atoms with Gasteiger partial charge in [-0.2, -0.15) is 0 Å². The zero-order chi connectivity index (χ0) is 13.1. The highest BCUT2D eigenvalue weighted by Crippen LogP contribution is 2.21. The normalized spacial score (nSPS) is 10.2. The Kier molecular flexibility index (Phi) is 3.32. The van der Waals surface area contributed by atoms with Gasteiger partial charge in [0.25, 0.3) is 0 Å². The van der Waals surface area contributed by atoms with E-state index in [-0.39, 0.29) is 5.82 Å². The average molecular weight is 246 g/mol. The van der Waals surface area contributed by atoms with E-state index in [1.54, 1.807) is 24.9 Å². The van der Waals surface area contributed by atoms with Gasteiger partial charge in [0, 0.05) is 18.8 Å². The van der Waals surface area contributed by atoms with Crippen LogP contribution in [0.15, 0.2) is 30.5 Å². The Hall–Kier alpha value is -2.30. The molecule has 2 aromatic rings. The van der Waals surface area contributed by atoms with Gasteiger partial charge in [-0.1, -0.05) is 0 Å². The Morgan fingerprint density at radius 3 is 2.44 bits per heavy atom. The molecule has 0 unspecified atom stereocenters. The van der Waals surface area contributed by atoms with Crippen molar-refractivity contribution in [3.8, 4) is 17.0 Å². The number of aromatic nitrogens is 2. The first-order chi connectivity index (χ1) is 8.65. The molecule has 0 fully saturated rings. The smallest absolute Gasteiger partial charge is 0.374 e. The van der Waals surface area contributed by atoms with E-state index in [0.717, 1.165) is 17.0 Å². The van der Waals surface area contributed by atoms with Crippen LogP contribution >= 0.6 is 0 Å². The lowest BCUT2D eigenvalue weighted by molar-refractivity contribution is 0.0583. The summed E-state index contributed by atoms with van der Waals surface area (Å²) in [5, 5.41) is 0. The number of nitrogens with zero attached hydrogens (tertiary/aromatic N) is 2. The van der Waals surface area contributed by atoms with Gasteiger partial charge in [0.2, 0.25) is 5.82 Å². The van der Waals surface area contributed by atoms with Gasteiger partial charge in [-0.25, -0.2) is 9.78 Å². The van der Waals surface area contributed by atoms with Crippen LogP contribution in [0.25, 0.3) is 11.3 Å². The molecule has 1 aromatic heterocycles. The first kappa shape index (κ1) is 12.2. The largest absolute Gasteiger partial charge is 0.497 e. The summed E-state index contributed by atoms with van der Waals surface area (Å²) in [6.07, 6.45) is 1.79. The van der Waals surface area contributed by atoms with Crippen LogP contribution in [-0.4, -0.2) is 29.7 Å². The fraction of sp³-hybridized carbons (Fsp3) is 0.231. The zero-order valence-corrected chi connectivity index (χ0v) is 10.5. The standard InChI is InChI=1S/C13H14N2O3/c1-15-8-11(14-12(15)13(16)18-3)9-4-6-10(17-2)7-5-9/h4-8H,1-3H3. The Balaban J connectivity index is 2.36. The molecule has 0 aliphatic carbocycles. The second kappa shape index (κ2) is 4.91. The zero-order valence-electron chi connectivity index (χ0n) is 10.5. The number of ether oxygens (including phenoxy) is 2. The highest BCUT2D eigenvalue weighted by Gasteiger charge is 2.14. The van der Waals surface area contributed by atoms with Crippen molar-refractivity contribution in [1.82, 2.24) is 9.55 Å². The van der Waals surface area contributed by atoms with Gasteiger partial charge in [0.1, 0.15) is 5.75 Å². The molecule has 18 heavy (non-hydrogen) atoms. The third-order valence-corrected chi connectivity index (χ3v) is 2.63. The van der Waals surface area contributed by atoms with Crippen molar-refractivity contribution >= 4 is 5.97 Å². The van der Waals surface area contributed by atoms with Crippen LogP contribution in [0.1, 0.15) is 10.6 Å². The van der Waals surface area contributed by atoms with Crippen LogP contribution in [0.2, 0.25) is 0 Å². The van der Waals surface area contributed by atoms with Crippen molar-refractivity contribution in [2.24, 2.45) is 7.05 Å². The fourth-order valence-electron chi connectivity index (χ4n) is 1.65. The molecule has 0 amide bonds. The monoisotopic (exact) mass is 246 g/mol. The summed E-state index contributed by atoms with van der Waals surface area (Å²) >= 11 is 0. The molecule has 0 radical (unpaired) electrons. The van der Waals surface area contributed by atoms with Crippen LogP contribution < -0.4 is 4.74 Å². The van der Waals surface area contributed by atoms with Gasteiger partial charge in [-0.05, 0) is 24.3 Å². The number of aryl methyl sites for hydroxylation is 1. The van der Waals surface area contributed by atoms with Crippen molar-refractivity contribution < 1.29 is 14.3 Å². The van der Waals surface area contributed by atoms with Gasteiger partial charge in [0.15, 0.2) is 0 Å². The maximum atomic E-state index is 11.5. The number of hydrogen-bond donors (Lipinski definition) is 0. The van der Waals surface area contributed by atoms with Crippen molar-refractivity contribution in [3.63, 3.8) is 0 Å². The van der Waals surface area contributed by atoms with Gasteiger partial charge < -0.3 is 14.0 Å². The molecule has 5 nitrogen and oxygen atoms in total. The minimum Gasteiger partial charge on any atom is -0.497 e. The summed E-state index contributed by atoms with van der Waals surface area (Å²) in [6, 6.07) is 7.48. The van der Waals surface area contributed by atoms with Crippen molar-refractivity contribution in [3.05, 3.63) is 36.3 Å². The third kappa shape index (κ3) is 2.20. The highest BCUT2D eigenvalue weighted by atomic mass is 16.5. The first-order valence-electron chi connectivity index (χ1n) is 5.42. The molecule has 5 heteroatoms. The number of imidazole rings is 1. The second-order valence-electron chi connectivity index (χ2n) is 3.78. The van der Waals surface area contributed by atoms with E-state index in [2.05, 4.69) is 9.72 Å². The van der Waals surface area contributed by atoms with E-state index in [1.165, 1.54) is 7.11 Å². The summed E-state index contributed by atoms with van der Waals surface area (Å²) in [6.45, 7) is 0. The van der Waals surface area contributed by atoms with E-state index in [0.29, 0.717) is 0 Å². The third-order valence-electron chi connectivity index (χ3n) is 2.63. The maximum absolute atomic E-state index is 11.5. The molecule has 0 atom stereocenters. The number of carbonyl (C=O) groups excluding carboxylic acids is 1. The Labute approximate surface area is 105 Å². The Bertz CT molecular complexity index is 558. The number of benzene rings is 1. The summed E-state index contributed by atoms with van der Waals surface area (Å²) in [5.74, 6) is 0.614. The maximum Gasteiger partial charge on any atom is 0.374 e. The molecule has 0 N–H and O–H groups in total. The van der Waals surface area contributed by atoms with E-state index in [1.807, 2.05) is 24.3 Å². The van der Waals surface area contributed by atoms with Crippen LogP contribution in [0.4, 0.5) is 0 Å².